The van der Waals surface area contributed by atoms with Crippen molar-refractivity contribution in [2.75, 3.05) is 25.4 Å². The highest BCUT2D eigenvalue weighted by Crippen LogP contribution is 2.50. The van der Waals surface area contributed by atoms with Gasteiger partial charge in [-0.2, -0.15) is 5.17 Å². The van der Waals surface area contributed by atoms with Crippen molar-refractivity contribution in [2.24, 2.45) is 0 Å². The molecule has 0 spiro atoms. The van der Waals surface area contributed by atoms with E-state index in [2.05, 4.69) is 5.43 Å². The minimum absolute atomic E-state index is 0.111. The molecule has 17 heavy (non-hydrogen) atoms. The molecular formula is C10H13N3O4. The maximum Gasteiger partial charge on any atom is 0.207 e. The van der Waals surface area contributed by atoms with E-state index in [-0.39, 0.29) is 22.9 Å². The van der Waals surface area contributed by atoms with Crippen molar-refractivity contribution in [1.29, 1.82) is 0 Å². The second-order valence-corrected chi connectivity index (χ2v) is 3.39. The summed E-state index contributed by atoms with van der Waals surface area (Å²) in [6.07, 6.45) is 2.90. The molecule has 0 fully saturated rings. The van der Waals surface area contributed by atoms with Gasteiger partial charge in [-0.05, 0) is 6.08 Å². The van der Waals surface area contributed by atoms with Crippen molar-refractivity contribution in [3.8, 4) is 17.2 Å². The zero-order valence-corrected chi connectivity index (χ0v) is 9.39. The van der Waals surface area contributed by atoms with E-state index in [0.29, 0.717) is 16.4 Å². The average Bonchev–Trinajstić information content (AvgIpc) is 2.33. The second-order valence-electron chi connectivity index (χ2n) is 3.39. The van der Waals surface area contributed by atoms with Crippen LogP contribution in [0.4, 0.5) is 11.4 Å². The smallest absolute Gasteiger partial charge is 0.207 e. The summed E-state index contributed by atoms with van der Waals surface area (Å²) < 4.78 is 10.1. The maximum atomic E-state index is 9.99. The number of nitrogens with one attached hydrogen (secondary N) is 1. The van der Waals surface area contributed by atoms with Crippen LogP contribution in [0.15, 0.2) is 6.20 Å². The van der Waals surface area contributed by atoms with Crippen LogP contribution < -0.4 is 20.6 Å². The molecule has 5 N–H and O–H groups in total. The van der Waals surface area contributed by atoms with Crippen molar-refractivity contribution in [1.82, 2.24) is 5.17 Å². The molecule has 1 aromatic rings. The maximum absolute atomic E-state index is 9.99. The Morgan fingerprint density at radius 2 is 1.94 bits per heavy atom. The molecule has 1 heterocycles. The Morgan fingerprint density at radius 3 is 2.53 bits per heavy atom. The van der Waals surface area contributed by atoms with Gasteiger partial charge in [-0.15, -0.1) is 0 Å². The lowest BCUT2D eigenvalue weighted by Gasteiger charge is -2.25. The third-order valence-corrected chi connectivity index (χ3v) is 2.48. The first-order chi connectivity index (χ1) is 8.10. The normalized spacial score (nSPS) is 13.0. The number of ether oxygens (including phenoxy) is 2. The third kappa shape index (κ3) is 1.56. The van der Waals surface area contributed by atoms with E-state index in [0.717, 1.165) is 0 Å². The molecule has 1 aliphatic rings. The average molecular weight is 239 g/mol. The summed E-state index contributed by atoms with van der Waals surface area (Å²) >= 11 is 0. The third-order valence-electron chi connectivity index (χ3n) is 2.48. The van der Waals surface area contributed by atoms with Gasteiger partial charge < -0.3 is 20.3 Å². The highest BCUT2D eigenvalue weighted by Gasteiger charge is 2.25. The summed E-state index contributed by atoms with van der Waals surface area (Å²) in [6.45, 7) is 0. The van der Waals surface area contributed by atoms with Gasteiger partial charge >= 0.3 is 0 Å². The number of benzene rings is 1. The minimum atomic E-state index is -0.183. The summed E-state index contributed by atoms with van der Waals surface area (Å²) in [5.74, 6) is 0.179. The fourth-order valence-electron chi connectivity index (χ4n) is 1.70. The highest BCUT2D eigenvalue weighted by molar-refractivity contribution is 5.89. The Kier molecular flexibility index (Phi) is 2.60. The number of aromatic hydroxyl groups is 1. The number of hydroxylamine groups is 1. The van der Waals surface area contributed by atoms with E-state index in [1.54, 1.807) is 6.08 Å². The van der Waals surface area contributed by atoms with Crippen LogP contribution in [0.25, 0.3) is 6.08 Å². The fourth-order valence-corrected chi connectivity index (χ4v) is 1.70. The van der Waals surface area contributed by atoms with Crippen molar-refractivity contribution >= 4 is 17.5 Å². The summed E-state index contributed by atoms with van der Waals surface area (Å²) in [6, 6.07) is 0. The van der Waals surface area contributed by atoms with E-state index in [1.807, 2.05) is 0 Å². The summed E-state index contributed by atoms with van der Waals surface area (Å²) in [4.78, 5) is 0. The van der Waals surface area contributed by atoms with Crippen LogP contribution >= 0.6 is 0 Å². The van der Waals surface area contributed by atoms with Crippen molar-refractivity contribution in [3.63, 3.8) is 0 Å². The zero-order valence-electron chi connectivity index (χ0n) is 9.39. The van der Waals surface area contributed by atoms with E-state index >= 15 is 0 Å². The largest absolute Gasteiger partial charge is 0.503 e. The molecule has 0 aliphatic carbocycles. The first-order valence-electron chi connectivity index (χ1n) is 4.79. The van der Waals surface area contributed by atoms with E-state index in [9.17, 15) is 10.3 Å². The molecular weight excluding hydrogens is 226 g/mol. The van der Waals surface area contributed by atoms with E-state index in [4.69, 9.17) is 15.2 Å². The molecule has 0 radical (unpaired) electrons. The summed E-state index contributed by atoms with van der Waals surface area (Å²) in [5.41, 5.74) is 9.52. The van der Waals surface area contributed by atoms with Gasteiger partial charge in [-0.1, -0.05) is 0 Å². The number of nitrogens with zero attached hydrogens (tertiary/aromatic N) is 1. The van der Waals surface area contributed by atoms with Gasteiger partial charge in [0.1, 0.15) is 5.69 Å². The molecule has 0 atom stereocenters. The summed E-state index contributed by atoms with van der Waals surface area (Å²) in [5, 5.41) is 20.0. The van der Waals surface area contributed by atoms with Gasteiger partial charge in [0.15, 0.2) is 11.5 Å². The minimum Gasteiger partial charge on any atom is -0.503 e. The van der Waals surface area contributed by atoms with Crippen LogP contribution in [0.5, 0.6) is 17.2 Å². The Labute approximate surface area is 97.6 Å². The number of hydrazine groups is 1. The predicted octanol–water partition coefficient (Wildman–Crippen LogP) is 0.994. The van der Waals surface area contributed by atoms with Crippen molar-refractivity contribution in [3.05, 3.63) is 11.8 Å². The molecule has 2 rings (SSSR count). The topological polar surface area (TPSA) is 100 Å². The molecule has 0 saturated carbocycles. The molecule has 92 valence electrons. The lowest BCUT2D eigenvalue weighted by molar-refractivity contribution is -0.0144. The van der Waals surface area contributed by atoms with Crippen LogP contribution in [0.2, 0.25) is 0 Å². The Balaban J connectivity index is 2.72. The Morgan fingerprint density at radius 1 is 1.29 bits per heavy atom. The number of fused-ring (bicyclic) bond motifs is 1. The Hall–Kier alpha value is -2.28. The van der Waals surface area contributed by atoms with Gasteiger partial charge in [0.05, 0.1) is 26.1 Å². The van der Waals surface area contributed by atoms with Crippen molar-refractivity contribution in [2.45, 2.75) is 0 Å². The number of methoxy groups -OCH3 is 2. The number of nitrogens with two attached hydrogens (primary N) is 1. The van der Waals surface area contributed by atoms with Crippen molar-refractivity contribution < 1.29 is 19.8 Å². The first kappa shape index (κ1) is 11.2. The quantitative estimate of drug-likeness (QED) is 0.347. The number of phenols is 1. The van der Waals surface area contributed by atoms with E-state index < -0.39 is 0 Å². The number of anilines is 2. The number of hydrogen-bond acceptors (Lipinski definition) is 7. The lowest BCUT2D eigenvalue weighted by atomic mass is 10.1. The van der Waals surface area contributed by atoms with Crippen LogP contribution in [0.1, 0.15) is 5.56 Å². The molecule has 1 aliphatic heterocycles. The molecule has 0 aromatic heterocycles. The SMILES string of the molecule is COc1c(N)c2c(c(O)c1OC)NN(O)C=C2. The Bertz CT molecular complexity index is 487. The highest BCUT2D eigenvalue weighted by atomic mass is 16.5. The lowest BCUT2D eigenvalue weighted by Crippen LogP contribution is -2.23. The second kappa shape index (κ2) is 3.95. The standard InChI is InChI=1S/C10H13N3O4/c1-16-9-6(11)5-3-4-13(15)12-7(5)8(14)10(9)17-2/h3-4,12,14-15H,11H2,1-2H3. The zero-order chi connectivity index (χ0) is 12.6. The molecule has 0 saturated heterocycles. The molecule has 0 bridgehead atoms. The summed E-state index contributed by atoms with van der Waals surface area (Å²) in [7, 11) is 2.82. The number of phenolic OH excluding ortho intramolecular Hbond substituents is 1. The molecule has 1 aromatic carbocycles. The van der Waals surface area contributed by atoms with Gasteiger partial charge in [-0.3, -0.25) is 10.6 Å². The van der Waals surface area contributed by atoms with Gasteiger partial charge in [-0.25, -0.2) is 0 Å². The number of nitrogen functional groups attached to an aromatic ring is 1. The van der Waals surface area contributed by atoms with E-state index in [1.165, 1.54) is 20.4 Å². The van der Waals surface area contributed by atoms with Crippen LogP contribution in [-0.2, 0) is 0 Å². The molecule has 7 heteroatoms. The van der Waals surface area contributed by atoms with Crippen LogP contribution in [0.3, 0.4) is 0 Å². The number of hydrogen-bond donors (Lipinski definition) is 4. The first-order valence-corrected chi connectivity index (χ1v) is 4.79. The van der Waals surface area contributed by atoms with Gasteiger partial charge in [0, 0.05) is 5.56 Å². The monoisotopic (exact) mass is 239 g/mol. The van der Waals surface area contributed by atoms with Crippen LogP contribution in [0, 0.1) is 0 Å². The molecule has 0 unspecified atom stereocenters. The molecule has 0 amide bonds. The number of rotatable bonds is 2. The fraction of sp³-hybridized carbons (Fsp3) is 0.200. The van der Waals surface area contributed by atoms with Crippen LogP contribution in [-0.4, -0.2) is 29.7 Å². The van der Waals surface area contributed by atoms with Gasteiger partial charge in [0.2, 0.25) is 5.75 Å². The van der Waals surface area contributed by atoms with Gasteiger partial charge in [0.25, 0.3) is 0 Å². The predicted molar refractivity (Wildman–Crippen MR) is 61.9 cm³/mol. The molecule has 7 nitrogen and oxygen atoms in total.